The molecule has 1 rings (SSSR count). The second-order valence-electron chi connectivity index (χ2n) is 4.78. The molecule has 1 heterocycles. The lowest BCUT2D eigenvalue weighted by Gasteiger charge is -2.29. The van der Waals surface area contributed by atoms with Crippen LogP contribution in [0.15, 0.2) is 0 Å². The zero-order valence-electron chi connectivity index (χ0n) is 9.22. The first kappa shape index (κ1) is 10.6. The fourth-order valence-electron chi connectivity index (χ4n) is 1.17. The minimum atomic E-state index is -1.17. The van der Waals surface area contributed by atoms with Crippen molar-refractivity contribution in [3.05, 3.63) is 0 Å². The molecule has 1 aliphatic heterocycles. The van der Waals surface area contributed by atoms with Gasteiger partial charge < -0.3 is 9.80 Å². The number of nitrogens with zero attached hydrogens (tertiary/aromatic N) is 2. The van der Waals surface area contributed by atoms with Crippen LogP contribution in [0.1, 0.15) is 0 Å². The van der Waals surface area contributed by atoms with E-state index in [0.717, 1.165) is 26.2 Å². The fourth-order valence-corrected chi connectivity index (χ4v) is 1.66. The maximum atomic E-state index is 3.40. The molecule has 13 heavy (non-hydrogen) atoms. The smallest absolute Gasteiger partial charge is 0.131 e. The van der Waals surface area contributed by atoms with Crippen molar-refractivity contribution >= 4 is 8.07 Å². The Bertz CT molecular complexity index is 213. The van der Waals surface area contributed by atoms with E-state index in [2.05, 4.69) is 48.1 Å². The molecule has 1 saturated heterocycles. The molecule has 0 aliphatic carbocycles. The first-order chi connectivity index (χ1) is 5.97. The van der Waals surface area contributed by atoms with Gasteiger partial charge in [-0.15, -0.1) is 5.54 Å². The Labute approximate surface area is 82.9 Å². The third-order valence-electron chi connectivity index (χ3n) is 2.09. The van der Waals surface area contributed by atoms with Crippen LogP contribution in [-0.4, -0.2) is 51.1 Å². The van der Waals surface area contributed by atoms with Gasteiger partial charge in [-0.05, 0) is 13.1 Å². The first-order valence-corrected chi connectivity index (χ1v) is 8.44. The Hall–Kier alpha value is -0.463. The molecule has 74 valence electrons. The third-order valence-corrected chi connectivity index (χ3v) is 2.95. The van der Waals surface area contributed by atoms with Crippen molar-refractivity contribution in [2.24, 2.45) is 0 Å². The van der Waals surface area contributed by atoms with Gasteiger partial charge in [0.05, 0.1) is 0 Å². The number of hydrogen-bond acceptors (Lipinski definition) is 2. The molecule has 0 unspecified atom stereocenters. The van der Waals surface area contributed by atoms with Gasteiger partial charge >= 0.3 is 0 Å². The summed E-state index contributed by atoms with van der Waals surface area (Å²) in [4.78, 5) is 4.62. The van der Waals surface area contributed by atoms with E-state index in [1.165, 1.54) is 0 Å². The van der Waals surface area contributed by atoms with Crippen LogP contribution < -0.4 is 0 Å². The van der Waals surface area contributed by atoms with Crippen molar-refractivity contribution in [1.82, 2.24) is 9.80 Å². The molecule has 3 heteroatoms. The molecule has 0 spiro atoms. The second kappa shape index (κ2) is 4.16. The maximum Gasteiger partial charge on any atom is 0.131 e. The van der Waals surface area contributed by atoms with Gasteiger partial charge in [0, 0.05) is 26.2 Å². The van der Waals surface area contributed by atoms with E-state index in [9.17, 15) is 0 Å². The summed E-state index contributed by atoms with van der Waals surface area (Å²) >= 11 is 0. The quantitative estimate of drug-likeness (QED) is 0.422. The molecule has 0 bridgehead atoms. The van der Waals surface area contributed by atoms with Crippen LogP contribution in [-0.2, 0) is 0 Å². The van der Waals surface area contributed by atoms with Crippen molar-refractivity contribution in [2.75, 3.05) is 33.2 Å². The number of piperazine rings is 1. The predicted octanol–water partition coefficient (Wildman–Crippen LogP) is 1.07. The Balaban J connectivity index is 2.41. The zero-order valence-corrected chi connectivity index (χ0v) is 10.2. The van der Waals surface area contributed by atoms with Crippen molar-refractivity contribution in [3.8, 4) is 11.6 Å². The van der Waals surface area contributed by atoms with Crippen LogP contribution in [0.5, 0.6) is 0 Å². The summed E-state index contributed by atoms with van der Waals surface area (Å²) < 4.78 is 0. The molecule has 0 aromatic carbocycles. The minimum Gasteiger partial charge on any atom is -0.331 e. The molecule has 0 saturated carbocycles. The lowest BCUT2D eigenvalue weighted by atomic mass is 10.3. The van der Waals surface area contributed by atoms with E-state index in [1.807, 2.05) is 0 Å². The van der Waals surface area contributed by atoms with Gasteiger partial charge in [-0.2, -0.15) is 0 Å². The Morgan fingerprint density at radius 3 is 2.00 bits per heavy atom. The summed E-state index contributed by atoms with van der Waals surface area (Å²) in [6, 6.07) is 3.30. The van der Waals surface area contributed by atoms with E-state index >= 15 is 0 Å². The van der Waals surface area contributed by atoms with Crippen molar-refractivity contribution in [3.63, 3.8) is 0 Å². The molecule has 2 nitrogen and oxygen atoms in total. The molecule has 0 aromatic heterocycles. The molecule has 1 fully saturated rings. The van der Waals surface area contributed by atoms with Crippen LogP contribution in [0.4, 0.5) is 0 Å². The predicted molar refractivity (Wildman–Crippen MR) is 60.2 cm³/mol. The molecule has 1 aliphatic rings. The largest absolute Gasteiger partial charge is 0.331 e. The van der Waals surface area contributed by atoms with Crippen LogP contribution in [0.3, 0.4) is 0 Å². The second-order valence-corrected chi connectivity index (χ2v) is 9.53. The van der Waals surface area contributed by atoms with E-state index in [4.69, 9.17) is 0 Å². The number of likely N-dealkylation sites (N-methyl/N-ethyl adjacent to an activating group) is 1. The first-order valence-electron chi connectivity index (χ1n) is 4.94. The van der Waals surface area contributed by atoms with Gasteiger partial charge in [0.2, 0.25) is 0 Å². The van der Waals surface area contributed by atoms with Crippen molar-refractivity contribution < 1.29 is 0 Å². The SMILES string of the molecule is CN1CCN(C#C[Si](C)(C)C)CC1. The summed E-state index contributed by atoms with van der Waals surface area (Å²) in [5.41, 5.74) is 3.40. The van der Waals surface area contributed by atoms with Crippen LogP contribution in [0, 0.1) is 11.6 Å². The number of hydrogen-bond donors (Lipinski definition) is 0. The lowest BCUT2D eigenvalue weighted by Crippen LogP contribution is -2.42. The van der Waals surface area contributed by atoms with Gasteiger partial charge in [-0.1, -0.05) is 19.6 Å². The van der Waals surface area contributed by atoms with Gasteiger partial charge in [0.15, 0.2) is 0 Å². The average molecular weight is 196 g/mol. The van der Waals surface area contributed by atoms with Gasteiger partial charge in [0.25, 0.3) is 0 Å². The summed E-state index contributed by atoms with van der Waals surface area (Å²) in [5, 5.41) is 0. The fraction of sp³-hybridized carbons (Fsp3) is 0.800. The van der Waals surface area contributed by atoms with Crippen molar-refractivity contribution in [1.29, 1.82) is 0 Å². The van der Waals surface area contributed by atoms with E-state index in [0.29, 0.717) is 0 Å². The third kappa shape index (κ3) is 4.35. The van der Waals surface area contributed by atoms with Crippen LogP contribution in [0.2, 0.25) is 19.6 Å². The summed E-state index contributed by atoms with van der Waals surface area (Å²) in [5.74, 6) is 0. The van der Waals surface area contributed by atoms with Gasteiger partial charge in [-0.25, -0.2) is 0 Å². The summed E-state index contributed by atoms with van der Waals surface area (Å²) in [7, 11) is 0.995. The monoisotopic (exact) mass is 196 g/mol. The molecule has 0 amide bonds. The highest BCUT2D eigenvalue weighted by Crippen LogP contribution is 2.00. The van der Waals surface area contributed by atoms with Gasteiger partial charge in [-0.3, -0.25) is 0 Å². The van der Waals surface area contributed by atoms with Gasteiger partial charge in [0.1, 0.15) is 8.07 Å². The average Bonchev–Trinajstić information content (AvgIpc) is 2.02. The molecular formula is C10H20N2Si. The lowest BCUT2D eigenvalue weighted by molar-refractivity contribution is 0.207. The van der Waals surface area contributed by atoms with E-state index in [-0.39, 0.29) is 0 Å². The zero-order chi connectivity index (χ0) is 9.90. The van der Waals surface area contributed by atoms with Crippen LogP contribution >= 0.6 is 0 Å². The Kier molecular flexibility index (Phi) is 3.40. The highest BCUT2D eigenvalue weighted by molar-refractivity contribution is 6.83. The summed E-state index contributed by atoms with van der Waals surface area (Å²) in [6.45, 7) is 11.4. The standard InChI is InChI=1S/C10H20N2Si/c1-11-5-7-12(8-6-11)9-10-13(2,3)4/h5-8H2,1-4H3. The highest BCUT2D eigenvalue weighted by atomic mass is 28.3. The molecule has 0 radical (unpaired) electrons. The Morgan fingerprint density at radius 1 is 1.00 bits per heavy atom. The van der Waals surface area contributed by atoms with Crippen LogP contribution in [0.25, 0.3) is 0 Å². The Morgan fingerprint density at radius 2 is 1.54 bits per heavy atom. The highest BCUT2D eigenvalue weighted by Gasteiger charge is 2.12. The summed E-state index contributed by atoms with van der Waals surface area (Å²) in [6.07, 6.45) is 0. The van der Waals surface area contributed by atoms with E-state index < -0.39 is 8.07 Å². The minimum absolute atomic E-state index is 1.11. The molecular weight excluding hydrogens is 176 g/mol. The number of rotatable bonds is 0. The van der Waals surface area contributed by atoms with E-state index in [1.54, 1.807) is 0 Å². The van der Waals surface area contributed by atoms with Crippen molar-refractivity contribution in [2.45, 2.75) is 19.6 Å². The molecule has 0 N–H and O–H groups in total. The topological polar surface area (TPSA) is 6.48 Å². The molecule has 0 atom stereocenters. The molecule has 0 aromatic rings. The normalized spacial score (nSPS) is 19.5. The maximum absolute atomic E-state index is 3.40.